The summed E-state index contributed by atoms with van der Waals surface area (Å²) in [6.45, 7) is 4.86. The lowest BCUT2D eigenvalue weighted by Gasteiger charge is -2.14. The van der Waals surface area contributed by atoms with Gasteiger partial charge in [-0.2, -0.15) is 5.10 Å². The quantitative estimate of drug-likeness (QED) is 0.793. The van der Waals surface area contributed by atoms with Gasteiger partial charge in [-0.15, -0.1) is 0 Å². The first-order valence-electron chi connectivity index (χ1n) is 6.77. The van der Waals surface area contributed by atoms with E-state index in [0.29, 0.717) is 18.9 Å². The minimum atomic E-state index is -0.967. The second kappa shape index (κ2) is 7.01. The van der Waals surface area contributed by atoms with Crippen molar-refractivity contribution in [1.82, 2.24) is 9.78 Å². The lowest BCUT2D eigenvalue weighted by molar-refractivity contribution is -0.140. The van der Waals surface area contributed by atoms with Crippen LogP contribution in [0.4, 0.5) is 0 Å². The van der Waals surface area contributed by atoms with E-state index >= 15 is 0 Å². The number of hydrogen-bond acceptors (Lipinski definition) is 4. The number of rotatable bonds is 7. The summed E-state index contributed by atoms with van der Waals surface area (Å²) >= 11 is 0. The van der Waals surface area contributed by atoms with E-state index < -0.39 is 12.3 Å². The van der Waals surface area contributed by atoms with Gasteiger partial charge in [-0.1, -0.05) is 6.07 Å². The molecule has 6 heteroatoms. The van der Waals surface area contributed by atoms with Gasteiger partial charge in [0, 0.05) is 25.0 Å². The van der Waals surface area contributed by atoms with E-state index in [4.69, 9.17) is 14.6 Å². The van der Waals surface area contributed by atoms with Crippen LogP contribution in [0.15, 0.2) is 36.7 Å². The Kier molecular flexibility index (Phi) is 5.08. The van der Waals surface area contributed by atoms with Crippen LogP contribution < -0.4 is 0 Å². The fraction of sp³-hybridized carbons (Fsp3) is 0.333. The highest BCUT2D eigenvalue weighted by Crippen LogP contribution is 2.20. The number of ether oxygens (including phenoxy) is 2. The number of carbonyl (C=O) groups is 1. The number of aromatic carboxylic acids is 1. The van der Waals surface area contributed by atoms with Crippen molar-refractivity contribution in [3.05, 3.63) is 47.8 Å². The van der Waals surface area contributed by atoms with E-state index in [-0.39, 0.29) is 5.56 Å². The third kappa shape index (κ3) is 3.68. The Bertz CT molecular complexity index is 603. The highest BCUT2D eigenvalue weighted by Gasteiger charge is 2.14. The molecule has 2 rings (SSSR count). The molecule has 0 amide bonds. The molecular formula is C15H18N2O4. The van der Waals surface area contributed by atoms with Crippen LogP contribution in [0.3, 0.4) is 0 Å². The van der Waals surface area contributed by atoms with Crippen molar-refractivity contribution in [1.29, 1.82) is 0 Å². The maximum atomic E-state index is 11.0. The predicted molar refractivity (Wildman–Crippen MR) is 76.5 cm³/mol. The van der Waals surface area contributed by atoms with E-state index in [2.05, 4.69) is 5.10 Å². The standard InChI is InChI=1S/C15H18N2O4/c1-3-20-15(21-4-2)12-9-16-17(10-12)13-7-5-6-11(8-13)14(18)19/h5-10,15H,3-4H2,1-2H3,(H,18,19). The molecule has 0 radical (unpaired) electrons. The number of carboxylic acid groups (broad SMARTS) is 1. The zero-order chi connectivity index (χ0) is 15.2. The number of benzene rings is 1. The molecule has 6 nitrogen and oxygen atoms in total. The molecule has 1 N–H and O–H groups in total. The molecule has 0 aliphatic carbocycles. The molecule has 1 heterocycles. The Morgan fingerprint density at radius 1 is 1.33 bits per heavy atom. The molecule has 0 fully saturated rings. The third-order valence-corrected chi connectivity index (χ3v) is 2.87. The average Bonchev–Trinajstić information content (AvgIpc) is 2.97. The molecule has 1 aromatic carbocycles. The highest BCUT2D eigenvalue weighted by atomic mass is 16.7. The van der Waals surface area contributed by atoms with Crippen LogP contribution in [0.2, 0.25) is 0 Å². The molecule has 0 aliphatic rings. The molecular weight excluding hydrogens is 272 g/mol. The molecule has 0 saturated heterocycles. The minimum absolute atomic E-state index is 0.218. The Labute approximate surface area is 122 Å². The molecule has 2 aromatic rings. The van der Waals surface area contributed by atoms with Gasteiger partial charge in [-0.3, -0.25) is 0 Å². The summed E-state index contributed by atoms with van der Waals surface area (Å²) < 4.78 is 12.6. The Balaban J connectivity index is 2.26. The van der Waals surface area contributed by atoms with Gasteiger partial charge in [0.2, 0.25) is 0 Å². The molecule has 0 unspecified atom stereocenters. The van der Waals surface area contributed by atoms with E-state index in [1.807, 2.05) is 13.8 Å². The first-order valence-corrected chi connectivity index (χ1v) is 6.77. The lowest BCUT2D eigenvalue weighted by atomic mass is 10.2. The molecule has 21 heavy (non-hydrogen) atoms. The Hall–Kier alpha value is -2.18. The Morgan fingerprint density at radius 2 is 2.05 bits per heavy atom. The van der Waals surface area contributed by atoms with Crippen LogP contribution in [0.25, 0.3) is 5.69 Å². The van der Waals surface area contributed by atoms with Crippen molar-refractivity contribution >= 4 is 5.97 Å². The summed E-state index contributed by atoms with van der Waals surface area (Å²) in [4.78, 5) is 11.0. The molecule has 0 aliphatic heterocycles. The van der Waals surface area contributed by atoms with Gasteiger partial charge in [0.15, 0.2) is 6.29 Å². The van der Waals surface area contributed by atoms with Gasteiger partial charge in [0.25, 0.3) is 0 Å². The van der Waals surface area contributed by atoms with E-state index in [0.717, 1.165) is 5.56 Å². The van der Waals surface area contributed by atoms with Crippen molar-refractivity contribution < 1.29 is 19.4 Å². The van der Waals surface area contributed by atoms with Crippen molar-refractivity contribution in [2.24, 2.45) is 0 Å². The number of hydrogen-bond donors (Lipinski definition) is 1. The van der Waals surface area contributed by atoms with Crippen molar-refractivity contribution in [2.45, 2.75) is 20.1 Å². The van der Waals surface area contributed by atoms with Crippen LogP contribution in [0, 0.1) is 0 Å². The summed E-state index contributed by atoms with van der Waals surface area (Å²) in [5.74, 6) is -0.967. The average molecular weight is 290 g/mol. The normalized spacial score (nSPS) is 11.0. The summed E-state index contributed by atoms with van der Waals surface area (Å²) in [7, 11) is 0. The van der Waals surface area contributed by atoms with Crippen molar-refractivity contribution in [2.75, 3.05) is 13.2 Å². The van der Waals surface area contributed by atoms with Crippen LogP contribution in [0.5, 0.6) is 0 Å². The van der Waals surface area contributed by atoms with E-state index in [9.17, 15) is 4.79 Å². The maximum absolute atomic E-state index is 11.0. The molecule has 0 saturated carbocycles. The summed E-state index contributed by atoms with van der Waals surface area (Å²) in [5.41, 5.74) is 1.68. The van der Waals surface area contributed by atoms with E-state index in [1.54, 1.807) is 41.3 Å². The SMILES string of the molecule is CCOC(OCC)c1cnn(-c2cccc(C(=O)O)c2)c1. The number of aromatic nitrogens is 2. The zero-order valence-electron chi connectivity index (χ0n) is 12.0. The third-order valence-electron chi connectivity index (χ3n) is 2.87. The molecule has 0 bridgehead atoms. The summed E-state index contributed by atoms with van der Waals surface area (Å²) in [6.07, 6.45) is 2.97. The fourth-order valence-corrected chi connectivity index (χ4v) is 1.92. The zero-order valence-corrected chi connectivity index (χ0v) is 12.0. The fourth-order valence-electron chi connectivity index (χ4n) is 1.92. The van der Waals surface area contributed by atoms with Gasteiger partial charge in [0.1, 0.15) is 0 Å². The smallest absolute Gasteiger partial charge is 0.335 e. The minimum Gasteiger partial charge on any atom is -0.478 e. The first kappa shape index (κ1) is 15.2. The van der Waals surface area contributed by atoms with Crippen molar-refractivity contribution in [3.8, 4) is 5.69 Å². The topological polar surface area (TPSA) is 73.6 Å². The second-order valence-electron chi connectivity index (χ2n) is 4.32. The molecule has 0 atom stereocenters. The lowest BCUT2D eigenvalue weighted by Crippen LogP contribution is -2.08. The maximum Gasteiger partial charge on any atom is 0.335 e. The number of nitrogens with zero attached hydrogens (tertiary/aromatic N) is 2. The van der Waals surface area contributed by atoms with E-state index in [1.165, 1.54) is 0 Å². The van der Waals surface area contributed by atoms with Crippen LogP contribution >= 0.6 is 0 Å². The summed E-state index contributed by atoms with van der Waals surface area (Å²) in [6, 6.07) is 6.58. The summed E-state index contributed by atoms with van der Waals surface area (Å²) in [5, 5.41) is 13.3. The molecule has 112 valence electrons. The van der Waals surface area contributed by atoms with Gasteiger partial charge >= 0.3 is 5.97 Å². The van der Waals surface area contributed by atoms with Crippen molar-refractivity contribution in [3.63, 3.8) is 0 Å². The van der Waals surface area contributed by atoms with Crippen LogP contribution in [-0.4, -0.2) is 34.1 Å². The molecule has 0 spiro atoms. The number of carboxylic acids is 1. The highest BCUT2D eigenvalue weighted by molar-refractivity contribution is 5.88. The first-order chi connectivity index (χ1) is 10.2. The largest absolute Gasteiger partial charge is 0.478 e. The predicted octanol–water partition coefficient (Wildman–Crippen LogP) is 2.64. The Morgan fingerprint density at radius 3 is 2.67 bits per heavy atom. The van der Waals surface area contributed by atoms with Gasteiger partial charge in [-0.25, -0.2) is 9.48 Å². The van der Waals surface area contributed by atoms with Crippen LogP contribution in [0.1, 0.15) is 36.1 Å². The van der Waals surface area contributed by atoms with Gasteiger partial charge in [-0.05, 0) is 32.0 Å². The van der Waals surface area contributed by atoms with Gasteiger partial charge in [0.05, 0.1) is 17.4 Å². The van der Waals surface area contributed by atoms with Gasteiger partial charge < -0.3 is 14.6 Å². The molecule has 1 aromatic heterocycles. The van der Waals surface area contributed by atoms with Crippen LogP contribution in [-0.2, 0) is 9.47 Å². The monoisotopic (exact) mass is 290 g/mol. The second-order valence-corrected chi connectivity index (χ2v) is 4.32.